The van der Waals surface area contributed by atoms with Gasteiger partial charge in [0.25, 0.3) is 0 Å². The largest absolute Gasteiger partial charge is 0.453 e. The van der Waals surface area contributed by atoms with E-state index < -0.39 is 0 Å². The van der Waals surface area contributed by atoms with Crippen LogP contribution >= 0.6 is 0 Å². The molecule has 1 heterocycles. The van der Waals surface area contributed by atoms with E-state index in [0.29, 0.717) is 5.92 Å². The van der Waals surface area contributed by atoms with E-state index in [4.69, 9.17) is 4.74 Å². The molecule has 1 saturated heterocycles. The SMILES string of the molecule is COC(=O)N1[C@H](CO)C[C@H]2Cc3ccc4ccccc4c3[C@H]21. The van der Waals surface area contributed by atoms with E-state index in [2.05, 4.69) is 24.3 Å². The van der Waals surface area contributed by atoms with Gasteiger partial charge in [-0.1, -0.05) is 36.4 Å². The summed E-state index contributed by atoms with van der Waals surface area (Å²) in [7, 11) is 1.41. The average Bonchev–Trinajstić information content (AvgIpc) is 3.09. The fourth-order valence-corrected chi connectivity index (χ4v) is 4.30. The maximum atomic E-state index is 12.3. The second-order valence-electron chi connectivity index (χ2n) is 6.22. The third kappa shape index (κ3) is 1.77. The van der Waals surface area contributed by atoms with E-state index in [0.717, 1.165) is 12.8 Å². The van der Waals surface area contributed by atoms with Gasteiger partial charge < -0.3 is 9.84 Å². The van der Waals surface area contributed by atoms with Crippen LogP contribution in [0.25, 0.3) is 10.8 Å². The van der Waals surface area contributed by atoms with Crippen molar-refractivity contribution >= 4 is 16.9 Å². The number of hydrogen-bond donors (Lipinski definition) is 1. The minimum Gasteiger partial charge on any atom is -0.453 e. The maximum Gasteiger partial charge on any atom is 0.410 e. The zero-order valence-electron chi connectivity index (χ0n) is 12.5. The minimum absolute atomic E-state index is 0.0117. The van der Waals surface area contributed by atoms with Crippen molar-refractivity contribution in [1.82, 2.24) is 4.90 Å². The number of hydrogen-bond acceptors (Lipinski definition) is 3. The van der Waals surface area contributed by atoms with E-state index in [9.17, 15) is 9.90 Å². The second-order valence-corrected chi connectivity index (χ2v) is 6.22. The number of carbonyl (C=O) groups is 1. The lowest BCUT2D eigenvalue weighted by Gasteiger charge is -2.28. The third-order valence-corrected chi connectivity index (χ3v) is 5.15. The fourth-order valence-electron chi connectivity index (χ4n) is 4.30. The van der Waals surface area contributed by atoms with Gasteiger partial charge in [-0.3, -0.25) is 4.90 Å². The molecule has 0 spiro atoms. The van der Waals surface area contributed by atoms with Crippen LogP contribution in [-0.4, -0.2) is 35.9 Å². The third-order valence-electron chi connectivity index (χ3n) is 5.15. The van der Waals surface area contributed by atoms with Crippen molar-refractivity contribution in [3.8, 4) is 0 Å². The van der Waals surface area contributed by atoms with E-state index >= 15 is 0 Å². The van der Waals surface area contributed by atoms with Gasteiger partial charge in [-0.05, 0) is 40.7 Å². The van der Waals surface area contributed by atoms with Crippen molar-refractivity contribution in [3.05, 3.63) is 47.5 Å². The number of fused-ring (bicyclic) bond motifs is 5. The molecule has 2 aromatic carbocycles. The van der Waals surface area contributed by atoms with Crippen LogP contribution in [0, 0.1) is 5.92 Å². The van der Waals surface area contributed by atoms with Crippen LogP contribution in [0.2, 0.25) is 0 Å². The number of carbonyl (C=O) groups excluding carboxylic acids is 1. The predicted molar refractivity (Wildman–Crippen MR) is 83.6 cm³/mol. The molecule has 0 unspecified atom stereocenters. The van der Waals surface area contributed by atoms with Gasteiger partial charge in [0.15, 0.2) is 0 Å². The summed E-state index contributed by atoms with van der Waals surface area (Å²) in [5, 5.41) is 12.0. The molecular weight excluding hydrogens is 278 g/mol. The highest BCUT2D eigenvalue weighted by Gasteiger charge is 2.49. The highest BCUT2D eigenvalue weighted by Crippen LogP contribution is 2.51. The quantitative estimate of drug-likeness (QED) is 0.880. The molecule has 1 fully saturated rings. The molecule has 1 aliphatic heterocycles. The Morgan fingerprint density at radius 3 is 2.91 bits per heavy atom. The van der Waals surface area contributed by atoms with Gasteiger partial charge in [-0.15, -0.1) is 0 Å². The van der Waals surface area contributed by atoms with Gasteiger partial charge in [0.2, 0.25) is 0 Å². The molecule has 4 heteroatoms. The molecule has 2 aromatic rings. The molecule has 1 amide bonds. The summed E-state index contributed by atoms with van der Waals surface area (Å²) < 4.78 is 4.98. The Hall–Kier alpha value is -2.07. The Labute approximate surface area is 129 Å². The van der Waals surface area contributed by atoms with E-state index in [1.165, 1.54) is 29.0 Å². The summed E-state index contributed by atoms with van der Waals surface area (Å²) >= 11 is 0. The minimum atomic E-state index is -0.340. The van der Waals surface area contributed by atoms with Gasteiger partial charge in [0.05, 0.1) is 25.8 Å². The Balaban J connectivity index is 1.89. The number of amides is 1. The van der Waals surface area contributed by atoms with Gasteiger partial charge in [0.1, 0.15) is 0 Å². The Kier molecular flexibility index (Phi) is 3.08. The number of benzene rings is 2. The first-order valence-corrected chi connectivity index (χ1v) is 7.72. The van der Waals surface area contributed by atoms with Gasteiger partial charge in [0, 0.05) is 0 Å². The number of methoxy groups -OCH3 is 1. The van der Waals surface area contributed by atoms with E-state index in [-0.39, 0.29) is 24.8 Å². The maximum absolute atomic E-state index is 12.3. The summed E-state index contributed by atoms with van der Waals surface area (Å²) in [6.07, 6.45) is 1.46. The molecule has 3 atom stereocenters. The number of aliphatic hydroxyl groups is 1. The molecule has 4 nitrogen and oxygen atoms in total. The van der Waals surface area contributed by atoms with Crippen molar-refractivity contribution in [2.24, 2.45) is 5.92 Å². The second kappa shape index (κ2) is 4.99. The fraction of sp³-hybridized carbons (Fsp3) is 0.389. The van der Waals surface area contributed by atoms with E-state index in [1.807, 2.05) is 12.1 Å². The number of likely N-dealkylation sites (tertiary alicyclic amines) is 1. The van der Waals surface area contributed by atoms with Crippen molar-refractivity contribution in [2.75, 3.05) is 13.7 Å². The first-order valence-electron chi connectivity index (χ1n) is 7.72. The van der Waals surface area contributed by atoms with Crippen LogP contribution in [0.1, 0.15) is 23.6 Å². The van der Waals surface area contributed by atoms with Gasteiger partial charge >= 0.3 is 6.09 Å². The molecule has 4 rings (SSSR count). The molecule has 0 aromatic heterocycles. The van der Waals surface area contributed by atoms with Crippen LogP contribution in [0.15, 0.2) is 36.4 Å². The van der Waals surface area contributed by atoms with Gasteiger partial charge in [-0.2, -0.15) is 0 Å². The van der Waals surface area contributed by atoms with Crippen LogP contribution in [0.5, 0.6) is 0 Å². The summed E-state index contributed by atoms with van der Waals surface area (Å²) in [5.41, 5.74) is 2.56. The average molecular weight is 297 g/mol. The summed E-state index contributed by atoms with van der Waals surface area (Å²) in [4.78, 5) is 14.0. The van der Waals surface area contributed by atoms with E-state index in [1.54, 1.807) is 4.90 Å². The highest BCUT2D eigenvalue weighted by atomic mass is 16.5. The predicted octanol–water partition coefficient (Wildman–Crippen LogP) is 2.89. The Bertz CT molecular complexity index is 742. The molecular formula is C18H19NO3. The Morgan fingerprint density at radius 1 is 1.32 bits per heavy atom. The van der Waals surface area contributed by atoms with Crippen LogP contribution in [0.4, 0.5) is 4.79 Å². The standard InChI is InChI=1S/C18H19NO3/c1-22-18(21)19-14(10-20)9-13-8-12-7-6-11-4-2-3-5-15(11)16(12)17(13)19/h2-7,13-14,17,20H,8-10H2,1H3/t13-,14+,17+/m1/s1. The number of aliphatic hydroxyl groups excluding tert-OH is 1. The summed E-state index contributed by atoms with van der Waals surface area (Å²) in [5.74, 6) is 0.372. The number of nitrogens with zero attached hydrogens (tertiary/aromatic N) is 1. The van der Waals surface area contributed by atoms with Crippen LogP contribution in [-0.2, 0) is 11.2 Å². The Morgan fingerprint density at radius 2 is 2.14 bits per heavy atom. The summed E-state index contributed by atoms with van der Waals surface area (Å²) in [6.45, 7) is -0.0117. The molecule has 0 bridgehead atoms. The first-order chi connectivity index (χ1) is 10.7. The number of rotatable bonds is 1. The lowest BCUT2D eigenvalue weighted by atomic mass is 9.97. The lowest BCUT2D eigenvalue weighted by molar-refractivity contribution is 0.0837. The first kappa shape index (κ1) is 13.6. The van der Waals surface area contributed by atoms with Crippen molar-refractivity contribution in [3.63, 3.8) is 0 Å². The highest BCUT2D eigenvalue weighted by molar-refractivity contribution is 5.88. The normalized spacial score (nSPS) is 26.1. The monoisotopic (exact) mass is 297 g/mol. The molecule has 0 radical (unpaired) electrons. The van der Waals surface area contributed by atoms with Gasteiger partial charge in [-0.25, -0.2) is 4.79 Å². The van der Waals surface area contributed by atoms with Crippen LogP contribution < -0.4 is 0 Å². The molecule has 1 aliphatic carbocycles. The smallest absolute Gasteiger partial charge is 0.410 e. The molecule has 114 valence electrons. The topological polar surface area (TPSA) is 49.8 Å². The lowest BCUT2D eigenvalue weighted by Crippen LogP contribution is -2.39. The van der Waals surface area contributed by atoms with Crippen molar-refractivity contribution in [1.29, 1.82) is 0 Å². The molecule has 22 heavy (non-hydrogen) atoms. The van der Waals surface area contributed by atoms with Crippen molar-refractivity contribution in [2.45, 2.75) is 24.9 Å². The van der Waals surface area contributed by atoms with Crippen molar-refractivity contribution < 1.29 is 14.6 Å². The summed E-state index contributed by atoms with van der Waals surface area (Å²) in [6, 6.07) is 12.5. The molecule has 0 saturated carbocycles. The van der Waals surface area contributed by atoms with Crippen LogP contribution in [0.3, 0.4) is 0 Å². The zero-order valence-corrected chi connectivity index (χ0v) is 12.5. The zero-order chi connectivity index (χ0) is 15.3. The molecule has 2 aliphatic rings. The number of ether oxygens (including phenoxy) is 1. The molecule has 1 N–H and O–H groups in total.